The fraction of sp³-hybridized carbons (Fsp3) is 0.267. The summed E-state index contributed by atoms with van der Waals surface area (Å²) in [6, 6.07) is 7.36. The number of hydrogen-bond donors (Lipinski definition) is 1. The summed E-state index contributed by atoms with van der Waals surface area (Å²) in [5, 5.41) is 8.89. The fourth-order valence-corrected chi connectivity index (χ4v) is 4.12. The summed E-state index contributed by atoms with van der Waals surface area (Å²) < 4.78 is 30.6. The molecule has 2 heterocycles. The van der Waals surface area contributed by atoms with Crippen molar-refractivity contribution in [2.75, 3.05) is 4.72 Å². The van der Waals surface area contributed by atoms with Crippen molar-refractivity contribution >= 4 is 27.6 Å². The molecule has 3 rings (SSSR count). The molecule has 0 radical (unpaired) electrons. The van der Waals surface area contributed by atoms with Crippen LogP contribution in [0.2, 0.25) is 5.02 Å². The predicted octanol–water partition coefficient (Wildman–Crippen LogP) is 2.13. The Kier molecular flexibility index (Phi) is 4.53. The van der Waals surface area contributed by atoms with Gasteiger partial charge < -0.3 is 0 Å². The van der Waals surface area contributed by atoms with Crippen molar-refractivity contribution in [3.63, 3.8) is 0 Å². The van der Waals surface area contributed by atoms with Crippen molar-refractivity contribution in [1.82, 2.24) is 24.5 Å². The van der Waals surface area contributed by atoms with Gasteiger partial charge in [-0.25, -0.2) is 17.8 Å². The molecule has 132 valence electrons. The van der Waals surface area contributed by atoms with Gasteiger partial charge >= 0.3 is 0 Å². The van der Waals surface area contributed by atoms with Crippen molar-refractivity contribution in [3.8, 4) is 0 Å². The Hall–Kier alpha value is -2.39. The molecule has 1 aromatic carbocycles. The summed E-state index contributed by atoms with van der Waals surface area (Å²) in [5.74, 6) is -0.00490. The van der Waals surface area contributed by atoms with E-state index in [1.807, 2.05) is 18.2 Å². The molecule has 0 atom stereocenters. The van der Waals surface area contributed by atoms with Crippen LogP contribution in [0.25, 0.3) is 0 Å². The van der Waals surface area contributed by atoms with Gasteiger partial charge in [0, 0.05) is 12.1 Å². The van der Waals surface area contributed by atoms with Crippen LogP contribution in [0.5, 0.6) is 0 Å². The van der Waals surface area contributed by atoms with E-state index in [1.54, 1.807) is 27.0 Å². The first-order valence-corrected chi connectivity index (χ1v) is 9.30. The molecule has 0 saturated heterocycles. The summed E-state index contributed by atoms with van der Waals surface area (Å²) in [4.78, 5) is 4.15. The molecule has 0 aliphatic carbocycles. The van der Waals surface area contributed by atoms with Gasteiger partial charge in [0.05, 0.1) is 17.9 Å². The maximum Gasteiger partial charge on any atom is 0.267 e. The average molecular weight is 381 g/mol. The Balaban J connectivity index is 1.82. The van der Waals surface area contributed by atoms with Gasteiger partial charge in [0.2, 0.25) is 0 Å². The number of aryl methyl sites for hydroxylation is 2. The number of halogens is 1. The molecule has 8 nitrogen and oxygen atoms in total. The van der Waals surface area contributed by atoms with E-state index in [-0.39, 0.29) is 10.8 Å². The van der Waals surface area contributed by atoms with E-state index in [4.69, 9.17) is 11.6 Å². The molecule has 0 fully saturated rings. The van der Waals surface area contributed by atoms with Crippen LogP contribution >= 0.6 is 11.6 Å². The highest BCUT2D eigenvalue weighted by atomic mass is 35.5. The molecule has 0 bridgehead atoms. The predicted molar refractivity (Wildman–Crippen MR) is 94.1 cm³/mol. The highest BCUT2D eigenvalue weighted by Crippen LogP contribution is 2.21. The van der Waals surface area contributed by atoms with E-state index in [0.29, 0.717) is 23.0 Å². The molecule has 10 heteroatoms. The first kappa shape index (κ1) is 17.4. The van der Waals surface area contributed by atoms with Crippen molar-refractivity contribution in [2.45, 2.75) is 25.3 Å². The van der Waals surface area contributed by atoms with Crippen LogP contribution in [0.1, 0.15) is 17.0 Å². The van der Waals surface area contributed by atoms with Crippen molar-refractivity contribution in [3.05, 3.63) is 52.6 Å². The van der Waals surface area contributed by atoms with E-state index in [0.717, 1.165) is 5.56 Å². The number of nitrogens with one attached hydrogen (secondary N) is 1. The van der Waals surface area contributed by atoms with Gasteiger partial charge in [0.1, 0.15) is 11.2 Å². The van der Waals surface area contributed by atoms with Gasteiger partial charge in [0.15, 0.2) is 0 Å². The largest absolute Gasteiger partial charge is 0.271 e. The molecule has 0 saturated carbocycles. The lowest BCUT2D eigenvalue weighted by atomic mass is 10.2. The average Bonchev–Trinajstić information content (AvgIpc) is 3.05. The minimum Gasteiger partial charge on any atom is -0.271 e. The number of aromatic nitrogens is 5. The van der Waals surface area contributed by atoms with E-state index in [1.165, 1.54) is 15.7 Å². The Labute approximate surface area is 150 Å². The fourth-order valence-electron chi connectivity index (χ4n) is 2.53. The highest BCUT2D eigenvalue weighted by Gasteiger charge is 2.25. The molecule has 0 unspecified atom stereocenters. The normalized spacial score (nSPS) is 11.7. The van der Waals surface area contributed by atoms with Crippen LogP contribution in [-0.2, 0) is 23.6 Å². The molecule has 0 spiro atoms. The highest BCUT2D eigenvalue weighted by molar-refractivity contribution is 7.92. The van der Waals surface area contributed by atoms with Gasteiger partial charge in [-0.1, -0.05) is 29.8 Å². The lowest BCUT2D eigenvalue weighted by molar-refractivity contribution is 0.599. The Morgan fingerprint density at radius 3 is 2.56 bits per heavy atom. The number of nitrogens with zero attached hydrogens (tertiary/aromatic N) is 5. The summed E-state index contributed by atoms with van der Waals surface area (Å²) >= 11 is 6.12. The van der Waals surface area contributed by atoms with Crippen LogP contribution < -0.4 is 4.72 Å². The van der Waals surface area contributed by atoms with Crippen LogP contribution in [0.3, 0.4) is 0 Å². The summed E-state index contributed by atoms with van der Waals surface area (Å²) in [5.41, 5.74) is 1.82. The Morgan fingerprint density at radius 2 is 1.92 bits per heavy atom. The number of sulfonamides is 1. The second-order valence-corrected chi connectivity index (χ2v) is 7.61. The Morgan fingerprint density at radius 1 is 1.20 bits per heavy atom. The van der Waals surface area contributed by atoms with Gasteiger partial charge in [-0.15, -0.1) is 5.10 Å². The molecule has 0 aliphatic rings. The van der Waals surface area contributed by atoms with Crippen LogP contribution in [0, 0.1) is 13.8 Å². The van der Waals surface area contributed by atoms with Crippen molar-refractivity contribution in [2.24, 2.45) is 7.05 Å². The third kappa shape index (κ3) is 3.52. The van der Waals surface area contributed by atoms with E-state index in [9.17, 15) is 8.42 Å². The van der Waals surface area contributed by atoms with E-state index in [2.05, 4.69) is 19.9 Å². The first-order valence-electron chi connectivity index (χ1n) is 7.44. The lowest BCUT2D eigenvalue weighted by Crippen LogP contribution is -2.16. The summed E-state index contributed by atoms with van der Waals surface area (Å²) in [6.45, 7) is 3.72. The summed E-state index contributed by atoms with van der Waals surface area (Å²) in [6.07, 6.45) is 1.45. The molecular formula is C15H17ClN6O2S. The van der Waals surface area contributed by atoms with Gasteiger partial charge in [-0.05, 0) is 25.5 Å². The Bertz CT molecular complexity index is 1020. The third-order valence-electron chi connectivity index (χ3n) is 3.76. The first-order chi connectivity index (χ1) is 11.8. The third-order valence-corrected chi connectivity index (χ3v) is 5.71. The number of benzene rings is 1. The molecule has 3 aromatic rings. The van der Waals surface area contributed by atoms with Gasteiger partial charge in [0.25, 0.3) is 16.0 Å². The van der Waals surface area contributed by atoms with Crippen molar-refractivity contribution in [1.29, 1.82) is 0 Å². The topological polar surface area (TPSA) is 94.7 Å². The second kappa shape index (κ2) is 6.49. The van der Waals surface area contributed by atoms with Crippen LogP contribution in [0.15, 0.2) is 35.5 Å². The number of rotatable bonds is 5. The smallest absolute Gasteiger partial charge is 0.267 e. The van der Waals surface area contributed by atoms with Gasteiger partial charge in [-0.3, -0.25) is 4.68 Å². The van der Waals surface area contributed by atoms with E-state index >= 15 is 0 Å². The standard InChI is InChI=1S/C15H17ClN6O2S/c1-10-14(11(2)21(3)18-10)25(23,24)20-15-17-9-22(19-15)8-12-6-4-5-7-13(12)16/h4-7,9H,8H2,1-3H3,(H,19,20). The molecule has 2 aromatic heterocycles. The molecule has 25 heavy (non-hydrogen) atoms. The number of anilines is 1. The molecule has 1 N–H and O–H groups in total. The monoisotopic (exact) mass is 380 g/mol. The maximum absolute atomic E-state index is 12.6. The molecular weight excluding hydrogens is 364 g/mol. The zero-order valence-corrected chi connectivity index (χ0v) is 15.5. The quantitative estimate of drug-likeness (QED) is 0.731. The SMILES string of the molecule is Cc1nn(C)c(C)c1S(=O)(=O)Nc1ncn(Cc2ccccc2Cl)n1. The zero-order valence-electron chi connectivity index (χ0n) is 13.9. The zero-order chi connectivity index (χ0) is 18.2. The minimum absolute atomic E-state index is 0.00490. The van der Waals surface area contributed by atoms with Crippen molar-refractivity contribution < 1.29 is 8.42 Å². The van der Waals surface area contributed by atoms with Gasteiger partial charge in [-0.2, -0.15) is 10.1 Å². The van der Waals surface area contributed by atoms with E-state index < -0.39 is 10.0 Å². The lowest BCUT2D eigenvalue weighted by Gasteiger charge is -2.05. The summed E-state index contributed by atoms with van der Waals surface area (Å²) in [7, 11) is -2.13. The second-order valence-electron chi connectivity index (χ2n) is 5.59. The molecule has 0 amide bonds. The van der Waals surface area contributed by atoms with Crippen LogP contribution in [0.4, 0.5) is 5.95 Å². The molecule has 0 aliphatic heterocycles. The van der Waals surface area contributed by atoms with Crippen LogP contribution in [-0.4, -0.2) is 33.0 Å². The maximum atomic E-state index is 12.6. The number of hydrogen-bond acceptors (Lipinski definition) is 5. The minimum atomic E-state index is -3.82.